The second-order valence-electron chi connectivity index (χ2n) is 5.48. The second-order valence-corrected chi connectivity index (χ2v) is 5.48. The molecular weight excluding hydrogens is 276 g/mol. The van der Waals surface area contributed by atoms with E-state index in [0.717, 1.165) is 28.1 Å². The molecule has 0 spiro atoms. The van der Waals surface area contributed by atoms with Crippen LogP contribution in [0.25, 0.3) is 0 Å². The molecule has 4 heteroatoms. The maximum atomic E-state index is 12.4. The number of anilines is 2. The maximum Gasteiger partial charge on any atom is 0.246 e. The highest BCUT2D eigenvalue weighted by atomic mass is 16.3. The summed E-state index contributed by atoms with van der Waals surface area (Å²) in [5.41, 5.74) is 4.58. The van der Waals surface area contributed by atoms with Crippen molar-refractivity contribution in [2.24, 2.45) is 0 Å². The molecule has 0 saturated carbocycles. The van der Waals surface area contributed by atoms with Gasteiger partial charge in [-0.2, -0.15) is 0 Å². The van der Waals surface area contributed by atoms with Crippen LogP contribution in [0.15, 0.2) is 42.5 Å². The van der Waals surface area contributed by atoms with E-state index in [-0.39, 0.29) is 18.6 Å². The number of hydrogen-bond donors (Lipinski definition) is 3. The highest BCUT2D eigenvalue weighted by Gasteiger charge is 2.14. The number of hydrogen-bond acceptors (Lipinski definition) is 3. The highest BCUT2D eigenvalue weighted by molar-refractivity contribution is 5.97. The van der Waals surface area contributed by atoms with Gasteiger partial charge in [-0.05, 0) is 49.6 Å². The molecule has 3 N–H and O–H groups in total. The minimum atomic E-state index is -0.382. The van der Waals surface area contributed by atoms with Crippen LogP contribution in [-0.2, 0) is 11.4 Å². The number of rotatable bonds is 5. The number of nitrogens with one attached hydrogen (secondary N) is 2. The Kier molecular flexibility index (Phi) is 5.17. The number of aliphatic hydroxyl groups is 1. The molecule has 0 fully saturated rings. The summed E-state index contributed by atoms with van der Waals surface area (Å²) in [4.78, 5) is 12.4. The van der Waals surface area contributed by atoms with Crippen molar-refractivity contribution >= 4 is 17.3 Å². The van der Waals surface area contributed by atoms with Crippen molar-refractivity contribution in [2.45, 2.75) is 33.4 Å². The third-order valence-corrected chi connectivity index (χ3v) is 3.62. The Labute approximate surface area is 131 Å². The van der Waals surface area contributed by atoms with Crippen molar-refractivity contribution in [3.8, 4) is 0 Å². The fourth-order valence-electron chi connectivity index (χ4n) is 2.32. The normalized spacial score (nSPS) is 11.8. The van der Waals surface area contributed by atoms with Gasteiger partial charge in [0.15, 0.2) is 0 Å². The maximum absolute atomic E-state index is 12.4. The zero-order chi connectivity index (χ0) is 16.1. The second kappa shape index (κ2) is 7.09. The molecule has 1 amide bonds. The zero-order valence-electron chi connectivity index (χ0n) is 13.2. The van der Waals surface area contributed by atoms with Crippen LogP contribution in [0.2, 0.25) is 0 Å². The molecule has 1 atom stereocenters. The summed E-state index contributed by atoms with van der Waals surface area (Å²) >= 11 is 0. The topological polar surface area (TPSA) is 61.4 Å². The van der Waals surface area contributed by atoms with Crippen LogP contribution in [0.5, 0.6) is 0 Å². The molecule has 22 heavy (non-hydrogen) atoms. The van der Waals surface area contributed by atoms with Gasteiger partial charge >= 0.3 is 0 Å². The number of aryl methyl sites for hydroxylation is 2. The van der Waals surface area contributed by atoms with Crippen molar-refractivity contribution in [2.75, 3.05) is 10.6 Å². The van der Waals surface area contributed by atoms with Gasteiger partial charge in [-0.15, -0.1) is 0 Å². The molecule has 0 aromatic heterocycles. The SMILES string of the molecule is Cc1cccc(C)c1NC(=O)C(C)Nc1cccc(CO)c1. The zero-order valence-corrected chi connectivity index (χ0v) is 13.2. The Morgan fingerprint density at radius 2 is 1.77 bits per heavy atom. The minimum absolute atomic E-state index is 0.0154. The molecule has 1 unspecified atom stereocenters. The van der Waals surface area contributed by atoms with Crippen molar-refractivity contribution in [3.05, 3.63) is 59.2 Å². The summed E-state index contributed by atoms with van der Waals surface area (Å²) in [5, 5.41) is 15.3. The number of amides is 1. The fraction of sp³-hybridized carbons (Fsp3) is 0.278. The standard InChI is InChI=1S/C18H22N2O2/c1-12-6-4-7-13(2)17(12)20-18(22)14(3)19-16-9-5-8-15(10-16)11-21/h4-10,14,19,21H,11H2,1-3H3,(H,20,22). The van der Waals surface area contributed by atoms with E-state index in [2.05, 4.69) is 10.6 Å². The Morgan fingerprint density at radius 3 is 2.41 bits per heavy atom. The van der Waals surface area contributed by atoms with Gasteiger partial charge in [-0.25, -0.2) is 0 Å². The van der Waals surface area contributed by atoms with Gasteiger partial charge in [0.25, 0.3) is 0 Å². The summed E-state index contributed by atoms with van der Waals surface area (Å²) in [6.45, 7) is 5.75. The average Bonchev–Trinajstić information content (AvgIpc) is 2.51. The number of aliphatic hydroxyl groups excluding tert-OH is 1. The van der Waals surface area contributed by atoms with E-state index in [9.17, 15) is 4.79 Å². The van der Waals surface area contributed by atoms with Gasteiger partial charge in [0.2, 0.25) is 5.91 Å². The molecule has 0 radical (unpaired) electrons. The highest BCUT2D eigenvalue weighted by Crippen LogP contribution is 2.20. The third-order valence-electron chi connectivity index (χ3n) is 3.62. The van der Waals surface area contributed by atoms with Gasteiger partial charge in [0.1, 0.15) is 6.04 Å². The molecule has 2 aromatic rings. The first-order chi connectivity index (χ1) is 10.5. The molecule has 0 aliphatic rings. The lowest BCUT2D eigenvalue weighted by atomic mass is 10.1. The average molecular weight is 298 g/mol. The predicted octanol–water partition coefficient (Wildman–Crippen LogP) is 3.23. The lowest BCUT2D eigenvalue weighted by Gasteiger charge is -2.18. The molecule has 2 aromatic carbocycles. The van der Waals surface area contributed by atoms with Crippen molar-refractivity contribution in [1.29, 1.82) is 0 Å². The van der Waals surface area contributed by atoms with Crippen LogP contribution in [0, 0.1) is 13.8 Å². The number of carbonyl (C=O) groups excluding carboxylic acids is 1. The quantitative estimate of drug-likeness (QED) is 0.794. The molecule has 0 aliphatic heterocycles. The van der Waals surface area contributed by atoms with E-state index in [1.807, 2.05) is 63.2 Å². The number of para-hydroxylation sites is 1. The van der Waals surface area contributed by atoms with Gasteiger partial charge < -0.3 is 15.7 Å². The van der Waals surface area contributed by atoms with Crippen LogP contribution in [0.3, 0.4) is 0 Å². The number of benzene rings is 2. The minimum Gasteiger partial charge on any atom is -0.392 e. The molecule has 0 aliphatic carbocycles. The van der Waals surface area contributed by atoms with Crippen LogP contribution in [0.1, 0.15) is 23.6 Å². The van der Waals surface area contributed by atoms with E-state index < -0.39 is 0 Å². The molecular formula is C18H22N2O2. The van der Waals surface area contributed by atoms with Crippen molar-refractivity contribution in [1.82, 2.24) is 0 Å². The monoisotopic (exact) mass is 298 g/mol. The first-order valence-corrected chi connectivity index (χ1v) is 7.34. The first kappa shape index (κ1) is 16.0. The molecule has 2 rings (SSSR count). The van der Waals surface area contributed by atoms with Gasteiger partial charge in [-0.3, -0.25) is 4.79 Å². The van der Waals surface area contributed by atoms with Gasteiger partial charge in [0, 0.05) is 11.4 Å². The lowest BCUT2D eigenvalue weighted by molar-refractivity contribution is -0.116. The summed E-state index contributed by atoms with van der Waals surface area (Å²) in [7, 11) is 0. The molecule has 4 nitrogen and oxygen atoms in total. The first-order valence-electron chi connectivity index (χ1n) is 7.34. The third kappa shape index (κ3) is 3.86. The Morgan fingerprint density at radius 1 is 1.14 bits per heavy atom. The largest absolute Gasteiger partial charge is 0.392 e. The van der Waals surface area contributed by atoms with Crippen molar-refractivity contribution in [3.63, 3.8) is 0 Å². The molecule has 116 valence electrons. The summed E-state index contributed by atoms with van der Waals surface area (Å²) < 4.78 is 0. The van der Waals surface area contributed by atoms with Crippen LogP contribution >= 0.6 is 0 Å². The fourth-order valence-corrected chi connectivity index (χ4v) is 2.32. The van der Waals surface area contributed by atoms with E-state index in [1.54, 1.807) is 0 Å². The molecule has 0 heterocycles. The van der Waals surface area contributed by atoms with Gasteiger partial charge in [0.05, 0.1) is 6.61 Å². The van der Waals surface area contributed by atoms with Crippen LogP contribution < -0.4 is 10.6 Å². The molecule has 0 bridgehead atoms. The van der Waals surface area contributed by atoms with Crippen LogP contribution in [-0.4, -0.2) is 17.1 Å². The Bertz CT molecular complexity index is 648. The van der Waals surface area contributed by atoms with E-state index in [0.29, 0.717) is 0 Å². The predicted molar refractivity (Wildman–Crippen MR) is 90.0 cm³/mol. The van der Waals surface area contributed by atoms with Crippen molar-refractivity contribution < 1.29 is 9.90 Å². The van der Waals surface area contributed by atoms with E-state index in [4.69, 9.17) is 5.11 Å². The Hall–Kier alpha value is -2.33. The van der Waals surface area contributed by atoms with Crippen LogP contribution in [0.4, 0.5) is 11.4 Å². The summed E-state index contributed by atoms with van der Waals surface area (Å²) in [6.07, 6.45) is 0. The lowest BCUT2D eigenvalue weighted by Crippen LogP contribution is -2.32. The van der Waals surface area contributed by atoms with Gasteiger partial charge in [-0.1, -0.05) is 30.3 Å². The smallest absolute Gasteiger partial charge is 0.246 e. The van der Waals surface area contributed by atoms with E-state index >= 15 is 0 Å². The number of carbonyl (C=O) groups is 1. The summed E-state index contributed by atoms with van der Waals surface area (Å²) in [5.74, 6) is -0.0909. The summed E-state index contributed by atoms with van der Waals surface area (Å²) in [6, 6.07) is 13.0. The van der Waals surface area contributed by atoms with E-state index in [1.165, 1.54) is 0 Å². The Balaban J connectivity index is 2.06. The molecule has 0 saturated heterocycles.